The van der Waals surface area contributed by atoms with Crippen LogP contribution in [0.2, 0.25) is 5.02 Å². The Bertz CT molecular complexity index is 589. The molecule has 2 aromatic rings. The van der Waals surface area contributed by atoms with Crippen molar-refractivity contribution in [1.82, 2.24) is 4.90 Å². The number of hydrogen-bond donors (Lipinski definition) is 1. The number of nitrogens with zero attached hydrogens (tertiary/aromatic N) is 1. The number of fused-ring (bicyclic) bond motifs is 1. The van der Waals surface area contributed by atoms with E-state index in [9.17, 15) is 5.11 Å². The lowest BCUT2D eigenvalue weighted by atomic mass is 9.89. The SMILES string of the molecule is CCCC1(O)CN(Cc2sc3ccccc3c2Cl)C1. The number of likely N-dealkylation sites (tertiary alicyclic amines) is 1. The lowest BCUT2D eigenvalue weighted by molar-refractivity contribution is -0.106. The molecule has 1 aromatic carbocycles. The highest BCUT2D eigenvalue weighted by atomic mass is 35.5. The molecule has 19 heavy (non-hydrogen) atoms. The molecule has 2 nitrogen and oxygen atoms in total. The largest absolute Gasteiger partial charge is 0.387 e. The minimum absolute atomic E-state index is 0.460. The van der Waals surface area contributed by atoms with Crippen LogP contribution in [0.5, 0.6) is 0 Å². The van der Waals surface area contributed by atoms with Gasteiger partial charge in [-0.1, -0.05) is 43.1 Å². The summed E-state index contributed by atoms with van der Waals surface area (Å²) in [6, 6.07) is 8.25. The minimum Gasteiger partial charge on any atom is -0.387 e. The maximum atomic E-state index is 10.2. The summed E-state index contributed by atoms with van der Waals surface area (Å²) < 4.78 is 1.24. The van der Waals surface area contributed by atoms with E-state index in [1.165, 1.54) is 9.58 Å². The van der Waals surface area contributed by atoms with Crippen molar-refractivity contribution in [1.29, 1.82) is 0 Å². The van der Waals surface area contributed by atoms with Crippen LogP contribution in [0, 0.1) is 0 Å². The number of hydrogen-bond acceptors (Lipinski definition) is 3. The molecule has 1 saturated heterocycles. The normalized spacial score (nSPS) is 18.7. The molecule has 0 atom stereocenters. The van der Waals surface area contributed by atoms with Crippen LogP contribution in [-0.2, 0) is 6.54 Å². The number of halogens is 1. The minimum atomic E-state index is -0.460. The van der Waals surface area contributed by atoms with Gasteiger partial charge in [-0.05, 0) is 12.5 Å². The smallest absolute Gasteiger partial charge is 0.0900 e. The Kier molecular flexibility index (Phi) is 3.56. The molecule has 0 radical (unpaired) electrons. The van der Waals surface area contributed by atoms with E-state index < -0.39 is 5.60 Å². The van der Waals surface area contributed by atoms with Gasteiger partial charge in [-0.15, -0.1) is 11.3 Å². The molecule has 2 heterocycles. The average Bonchev–Trinajstić information content (AvgIpc) is 2.66. The third-order valence-corrected chi connectivity index (χ3v) is 5.42. The fourth-order valence-corrected chi connectivity index (χ4v) is 4.43. The predicted molar refractivity (Wildman–Crippen MR) is 82.0 cm³/mol. The summed E-state index contributed by atoms with van der Waals surface area (Å²) in [5, 5.41) is 12.2. The topological polar surface area (TPSA) is 23.5 Å². The van der Waals surface area contributed by atoms with Crippen molar-refractivity contribution in [3.05, 3.63) is 34.2 Å². The van der Waals surface area contributed by atoms with E-state index in [0.717, 1.165) is 42.9 Å². The monoisotopic (exact) mass is 295 g/mol. The second-order valence-electron chi connectivity index (χ2n) is 5.45. The number of rotatable bonds is 4. The van der Waals surface area contributed by atoms with Crippen LogP contribution in [-0.4, -0.2) is 28.7 Å². The molecule has 1 N–H and O–H groups in total. The zero-order valence-electron chi connectivity index (χ0n) is 11.0. The molecule has 0 amide bonds. The molecule has 0 spiro atoms. The van der Waals surface area contributed by atoms with Crippen LogP contribution in [0.25, 0.3) is 10.1 Å². The zero-order chi connectivity index (χ0) is 13.5. The van der Waals surface area contributed by atoms with E-state index in [0.29, 0.717) is 0 Å². The molecule has 1 aliphatic rings. The molecule has 0 aliphatic carbocycles. The molecule has 1 fully saturated rings. The number of benzene rings is 1. The molecule has 1 aromatic heterocycles. The maximum absolute atomic E-state index is 10.2. The first-order valence-corrected chi connectivity index (χ1v) is 7.91. The average molecular weight is 296 g/mol. The molecule has 102 valence electrons. The second kappa shape index (κ2) is 5.06. The number of thiophene rings is 1. The van der Waals surface area contributed by atoms with Crippen molar-refractivity contribution in [2.24, 2.45) is 0 Å². The summed E-state index contributed by atoms with van der Waals surface area (Å²) in [5.41, 5.74) is -0.460. The van der Waals surface area contributed by atoms with E-state index in [-0.39, 0.29) is 0 Å². The third-order valence-electron chi connectivity index (χ3n) is 3.72. The van der Waals surface area contributed by atoms with Crippen LogP contribution in [0.4, 0.5) is 0 Å². The summed E-state index contributed by atoms with van der Waals surface area (Å²) in [6.45, 7) is 4.50. The van der Waals surface area contributed by atoms with Gasteiger partial charge in [0.1, 0.15) is 0 Å². The van der Waals surface area contributed by atoms with Gasteiger partial charge < -0.3 is 5.11 Å². The Morgan fingerprint density at radius 1 is 1.37 bits per heavy atom. The molecule has 3 rings (SSSR count). The van der Waals surface area contributed by atoms with E-state index in [1.807, 2.05) is 12.1 Å². The molecule has 1 aliphatic heterocycles. The lowest BCUT2D eigenvalue weighted by Gasteiger charge is -2.46. The van der Waals surface area contributed by atoms with Gasteiger partial charge in [0.25, 0.3) is 0 Å². The van der Waals surface area contributed by atoms with Crippen molar-refractivity contribution in [2.75, 3.05) is 13.1 Å². The van der Waals surface area contributed by atoms with Crippen molar-refractivity contribution in [3.8, 4) is 0 Å². The Morgan fingerprint density at radius 2 is 2.11 bits per heavy atom. The van der Waals surface area contributed by atoms with Gasteiger partial charge >= 0.3 is 0 Å². The first kappa shape index (κ1) is 13.4. The van der Waals surface area contributed by atoms with Crippen LogP contribution >= 0.6 is 22.9 Å². The standard InChI is InChI=1S/C15H18ClNOS/c1-2-7-15(18)9-17(10-15)8-13-14(16)11-5-3-4-6-12(11)19-13/h3-6,18H,2,7-10H2,1H3. The van der Waals surface area contributed by atoms with E-state index in [4.69, 9.17) is 11.6 Å². The van der Waals surface area contributed by atoms with Crippen LogP contribution < -0.4 is 0 Å². The van der Waals surface area contributed by atoms with E-state index in [1.54, 1.807) is 11.3 Å². The van der Waals surface area contributed by atoms with Crippen LogP contribution in [0.15, 0.2) is 24.3 Å². The molecular weight excluding hydrogens is 278 g/mol. The van der Waals surface area contributed by atoms with Crippen molar-refractivity contribution in [2.45, 2.75) is 31.9 Å². The highest BCUT2D eigenvalue weighted by Crippen LogP contribution is 2.37. The van der Waals surface area contributed by atoms with E-state index in [2.05, 4.69) is 24.0 Å². The Labute approximate surface area is 122 Å². The van der Waals surface area contributed by atoms with Gasteiger partial charge in [-0.25, -0.2) is 0 Å². The zero-order valence-corrected chi connectivity index (χ0v) is 12.6. The third kappa shape index (κ3) is 2.52. The highest BCUT2D eigenvalue weighted by Gasteiger charge is 2.40. The van der Waals surface area contributed by atoms with Crippen LogP contribution in [0.3, 0.4) is 0 Å². The summed E-state index contributed by atoms with van der Waals surface area (Å²) in [7, 11) is 0. The lowest BCUT2D eigenvalue weighted by Crippen LogP contribution is -2.60. The van der Waals surface area contributed by atoms with E-state index >= 15 is 0 Å². The first-order chi connectivity index (χ1) is 9.11. The number of β-amino-alcohol motifs (C(OH)–C–C–N with tert-alkyl or cyclic N) is 1. The predicted octanol–water partition coefficient (Wildman–Crippen LogP) is 3.90. The fourth-order valence-electron chi connectivity index (χ4n) is 2.89. The van der Waals surface area contributed by atoms with Crippen LogP contribution in [0.1, 0.15) is 24.6 Å². The molecule has 0 unspecified atom stereocenters. The molecule has 0 saturated carbocycles. The summed E-state index contributed by atoms with van der Waals surface area (Å²) in [5.74, 6) is 0. The van der Waals surface area contributed by atoms with Gasteiger partial charge in [0, 0.05) is 34.6 Å². The maximum Gasteiger partial charge on any atom is 0.0900 e. The summed E-state index contributed by atoms with van der Waals surface area (Å²) >= 11 is 8.20. The van der Waals surface area contributed by atoms with Gasteiger partial charge in [-0.3, -0.25) is 4.90 Å². The summed E-state index contributed by atoms with van der Waals surface area (Å²) in [6.07, 6.45) is 1.93. The van der Waals surface area contributed by atoms with Crippen molar-refractivity contribution < 1.29 is 5.11 Å². The quantitative estimate of drug-likeness (QED) is 0.925. The number of aliphatic hydroxyl groups is 1. The Morgan fingerprint density at radius 3 is 2.79 bits per heavy atom. The highest BCUT2D eigenvalue weighted by molar-refractivity contribution is 7.19. The molecule has 0 bridgehead atoms. The van der Waals surface area contributed by atoms with Gasteiger partial charge in [0.05, 0.1) is 10.6 Å². The first-order valence-electron chi connectivity index (χ1n) is 6.72. The van der Waals surface area contributed by atoms with Gasteiger partial charge in [0.15, 0.2) is 0 Å². The van der Waals surface area contributed by atoms with Crippen molar-refractivity contribution in [3.63, 3.8) is 0 Å². The van der Waals surface area contributed by atoms with Gasteiger partial charge in [0.2, 0.25) is 0 Å². The van der Waals surface area contributed by atoms with Crippen molar-refractivity contribution >= 4 is 33.0 Å². The van der Waals surface area contributed by atoms with Gasteiger partial charge in [-0.2, -0.15) is 0 Å². The Balaban J connectivity index is 1.72. The fraction of sp³-hybridized carbons (Fsp3) is 0.467. The summed E-state index contributed by atoms with van der Waals surface area (Å²) in [4.78, 5) is 3.48. The second-order valence-corrected chi connectivity index (χ2v) is 6.97. The molecule has 4 heteroatoms. The Hall–Kier alpha value is -0.610. The molecular formula is C15H18ClNOS.